The minimum atomic E-state index is -4.54. The summed E-state index contributed by atoms with van der Waals surface area (Å²) >= 11 is 0. The number of anilines is 1. The van der Waals surface area contributed by atoms with Crippen LogP contribution in [0.2, 0.25) is 0 Å². The Kier molecular flexibility index (Phi) is 4.45. The first kappa shape index (κ1) is 19.2. The van der Waals surface area contributed by atoms with Crippen molar-refractivity contribution in [3.05, 3.63) is 29.6 Å². The molecule has 0 unspecified atom stereocenters. The number of alkyl halides is 3. The summed E-state index contributed by atoms with van der Waals surface area (Å²) in [4.78, 5) is 6.04. The van der Waals surface area contributed by atoms with Gasteiger partial charge in [-0.25, -0.2) is 4.98 Å². The van der Waals surface area contributed by atoms with Gasteiger partial charge in [0, 0.05) is 35.5 Å². The van der Waals surface area contributed by atoms with E-state index < -0.39 is 17.6 Å². The van der Waals surface area contributed by atoms with Crippen LogP contribution in [0.3, 0.4) is 0 Å². The number of hydrogen-bond donors (Lipinski definition) is 1. The highest BCUT2D eigenvalue weighted by Crippen LogP contribution is 2.64. The van der Waals surface area contributed by atoms with Gasteiger partial charge in [-0.15, -0.1) is 0 Å². The molecule has 0 aliphatic heterocycles. The molecule has 2 aromatic heterocycles. The second-order valence-electron chi connectivity index (χ2n) is 8.59. The zero-order chi connectivity index (χ0) is 20.4. The predicted octanol–water partition coefficient (Wildman–Crippen LogP) is 4.18. The SMILES string of the molecule is CC(C)n1nc(-c2cnc(N)c(C(F)(F)F)c2)cc1[C@H]1[C@@H]2C[C@@H](N(C)C)C[C@@H]21. The smallest absolute Gasteiger partial charge is 0.383 e. The lowest BCUT2D eigenvalue weighted by molar-refractivity contribution is -0.137. The molecule has 0 amide bonds. The zero-order valence-electron chi connectivity index (χ0n) is 16.5. The van der Waals surface area contributed by atoms with Gasteiger partial charge in [0.15, 0.2) is 0 Å². The molecule has 0 spiro atoms. The molecule has 2 aliphatic carbocycles. The Morgan fingerprint density at radius 2 is 1.82 bits per heavy atom. The monoisotopic (exact) mass is 393 g/mol. The lowest BCUT2D eigenvalue weighted by atomic mass is 10.0. The molecule has 0 saturated heterocycles. The lowest BCUT2D eigenvalue weighted by Crippen LogP contribution is -2.26. The van der Waals surface area contributed by atoms with Gasteiger partial charge >= 0.3 is 6.18 Å². The van der Waals surface area contributed by atoms with Crippen LogP contribution < -0.4 is 5.73 Å². The van der Waals surface area contributed by atoms with E-state index in [0.29, 0.717) is 35.1 Å². The quantitative estimate of drug-likeness (QED) is 0.847. The molecule has 4 atom stereocenters. The van der Waals surface area contributed by atoms with E-state index in [9.17, 15) is 13.2 Å². The van der Waals surface area contributed by atoms with E-state index in [2.05, 4.69) is 29.1 Å². The summed E-state index contributed by atoms with van der Waals surface area (Å²) in [6.45, 7) is 4.09. The molecular formula is C20H26F3N5. The minimum Gasteiger partial charge on any atom is -0.383 e. The molecule has 5 nitrogen and oxygen atoms in total. The van der Waals surface area contributed by atoms with E-state index in [1.165, 1.54) is 19.0 Å². The molecule has 2 aromatic rings. The van der Waals surface area contributed by atoms with Gasteiger partial charge < -0.3 is 10.6 Å². The first-order valence-electron chi connectivity index (χ1n) is 9.67. The largest absolute Gasteiger partial charge is 0.419 e. The average Bonchev–Trinajstić information content (AvgIpc) is 2.99. The van der Waals surface area contributed by atoms with Gasteiger partial charge in [-0.05, 0) is 64.8 Å². The predicted molar refractivity (Wildman–Crippen MR) is 102 cm³/mol. The third-order valence-corrected chi connectivity index (χ3v) is 6.27. The lowest BCUT2D eigenvalue weighted by Gasteiger charge is -2.22. The first-order valence-corrected chi connectivity index (χ1v) is 9.67. The normalized spacial score (nSPS) is 26.9. The standard InChI is InChI=1S/C20H26F3N5/c1-10(2)28-17(18-13-6-12(27(3)4)7-14(13)18)8-16(26-28)11-5-15(20(21,22)23)19(24)25-9-11/h5,8-10,12-14,18H,6-7H2,1-4H3,(H2,24,25)/t12-,13-,14+,18+. The number of hydrogen-bond acceptors (Lipinski definition) is 4. The molecule has 0 bridgehead atoms. The second kappa shape index (κ2) is 6.47. The van der Waals surface area contributed by atoms with Crippen molar-refractivity contribution in [2.45, 2.75) is 50.9 Å². The Labute approximate surface area is 162 Å². The van der Waals surface area contributed by atoms with E-state index in [4.69, 9.17) is 5.73 Å². The zero-order valence-corrected chi connectivity index (χ0v) is 16.5. The summed E-state index contributed by atoms with van der Waals surface area (Å²) < 4.78 is 41.6. The van der Waals surface area contributed by atoms with Crippen LogP contribution in [0.4, 0.5) is 19.0 Å². The Morgan fingerprint density at radius 1 is 1.18 bits per heavy atom. The van der Waals surface area contributed by atoms with Crippen LogP contribution in [-0.2, 0) is 6.18 Å². The molecule has 8 heteroatoms. The summed E-state index contributed by atoms with van der Waals surface area (Å²) in [5, 5.41) is 4.63. The van der Waals surface area contributed by atoms with Crippen LogP contribution >= 0.6 is 0 Å². The Balaban J connectivity index is 1.66. The number of pyridine rings is 1. The van der Waals surface area contributed by atoms with Crippen LogP contribution in [0.1, 0.15) is 49.9 Å². The van der Waals surface area contributed by atoms with E-state index in [-0.39, 0.29) is 6.04 Å². The number of fused-ring (bicyclic) bond motifs is 1. The van der Waals surface area contributed by atoms with Gasteiger partial charge in [-0.1, -0.05) is 0 Å². The van der Waals surface area contributed by atoms with Gasteiger partial charge in [-0.2, -0.15) is 18.3 Å². The van der Waals surface area contributed by atoms with Gasteiger partial charge in [-0.3, -0.25) is 4.68 Å². The first-order chi connectivity index (χ1) is 13.1. The molecule has 152 valence electrons. The summed E-state index contributed by atoms with van der Waals surface area (Å²) in [6, 6.07) is 3.76. The van der Waals surface area contributed by atoms with E-state index in [0.717, 1.165) is 11.8 Å². The fourth-order valence-electron chi connectivity index (χ4n) is 4.73. The van der Waals surface area contributed by atoms with Crippen molar-refractivity contribution in [2.24, 2.45) is 11.8 Å². The molecule has 2 heterocycles. The van der Waals surface area contributed by atoms with Gasteiger partial charge in [0.25, 0.3) is 0 Å². The molecule has 4 rings (SSSR count). The Morgan fingerprint density at radius 3 is 2.36 bits per heavy atom. The maximum atomic E-state index is 13.2. The highest BCUT2D eigenvalue weighted by molar-refractivity contribution is 5.63. The fourth-order valence-corrected chi connectivity index (χ4v) is 4.73. The van der Waals surface area contributed by atoms with Crippen molar-refractivity contribution in [1.82, 2.24) is 19.7 Å². The second-order valence-corrected chi connectivity index (χ2v) is 8.59. The molecule has 0 aromatic carbocycles. The van der Waals surface area contributed by atoms with Gasteiger partial charge in [0.1, 0.15) is 5.82 Å². The number of nitrogens with two attached hydrogens (primary N) is 1. The van der Waals surface area contributed by atoms with E-state index >= 15 is 0 Å². The molecular weight excluding hydrogens is 367 g/mol. The number of nitrogens with zero attached hydrogens (tertiary/aromatic N) is 4. The van der Waals surface area contributed by atoms with Crippen LogP contribution in [0, 0.1) is 11.8 Å². The van der Waals surface area contributed by atoms with Crippen LogP contribution in [0.25, 0.3) is 11.3 Å². The van der Waals surface area contributed by atoms with Crippen molar-refractivity contribution in [3.8, 4) is 11.3 Å². The third-order valence-electron chi connectivity index (χ3n) is 6.27. The van der Waals surface area contributed by atoms with Gasteiger partial charge in [0.05, 0.1) is 11.3 Å². The third kappa shape index (κ3) is 3.17. The molecule has 2 fully saturated rings. The van der Waals surface area contributed by atoms with Crippen molar-refractivity contribution < 1.29 is 13.2 Å². The van der Waals surface area contributed by atoms with E-state index in [1.54, 1.807) is 0 Å². The van der Waals surface area contributed by atoms with Crippen molar-refractivity contribution >= 4 is 5.82 Å². The number of halogens is 3. The van der Waals surface area contributed by atoms with Crippen LogP contribution in [0.5, 0.6) is 0 Å². The molecule has 2 N–H and O–H groups in total. The van der Waals surface area contributed by atoms with Gasteiger partial charge in [0.2, 0.25) is 0 Å². The maximum absolute atomic E-state index is 13.2. The molecule has 2 saturated carbocycles. The molecule has 28 heavy (non-hydrogen) atoms. The van der Waals surface area contributed by atoms with Crippen molar-refractivity contribution in [3.63, 3.8) is 0 Å². The van der Waals surface area contributed by atoms with Crippen molar-refractivity contribution in [2.75, 3.05) is 19.8 Å². The van der Waals surface area contributed by atoms with Crippen LogP contribution in [0.15, 0.2) is 18.3 Å². The Bertz CT molecular complexity index is 874. The fraction of sp³-hybridized carbons (Fsp3) is 0.600. The molecule has 0 radical (unpaired) electrons. The topological polar surface area (TPSA) is 60.0 Å². The average molecular weight is 393 g/mol. The summed E-state index contributed by atoms with van der Waals surface area (Å²) in [7, 11) is 4.24. The Hall–Kier alpha value is -2.09. The summed E-state index contributed by atoms with van der Waals surface area (Å²) in [5.41, 5.74) is 6.52. The summed E-state index contributed by atoms with van der Waals surface area (Å²) in [6.07, 6.45) is -0.826. The van der Waals surface area contributed by atoms with Crippen molar-refractivity contribution in [1.29, 1.82) is 0 Å². The minimum absolute atomic E-state index is 0.138. The number of aromatic nitrogens is 3. The highest BCUT2D eigenvalue weighted by Gasteiger charge is 2.58. The number of rotatable bonds is 4. The number of nitrogen functional groups attached to an aromatic ring is 1. The maximum Gasteiger partial charge on any atom is 0.419 e. The summed E-state index contributed by atoms with van der Waals surface area (Å²) in [5.74, 6) is 1.23. The highest BCUT2D eigenvalue weighted by atomic mass is 19.4. The molecule has 2 aliphatic rings. The van der Waals surface area contributed by atoms with E-state index in [1.807, 2.05) is 24.6 Å². The van der Waals surface area contributed by atoms with Crippen LogP contribution in [-0.4, -0.2) is 39.8 Å².